The molecule has 0 unspecified atom stereocenters. The molecular weight excluding hydrogens is 386 g/mol. The van der Waals surface area contributed by atoms with Gasteiger partial charge in [-0.15, -0.1) is 0 Å². The van der Waals surface area contributed by atoms with Crippen LogP contribution in [0.5, 0.6) is 0 Å². The van der Waals surface area contributed by atoms with Gasteiger partial charge in [0.05, 0.1) is 12.0 Å². The van der Waals surface area contributed by atoms with E-state index in [2.05, 4.69) is 49.1 Å². The van der Waals surface area contributed by atoms with Gasteiger partial charge in [0.2, 0.25) is 0 Å². The number of carbonyl (C=O) groups excluding carboxylic acids is 1. The molecular formula is C27H37NO3. The van der Waals surface area contributed by atoms with E-state index in [9.17, 15) is 4.79 Å². The number of esters is 1. The predicted octanol–water partition coefficient (Wildman–Crippen LogP) is 4.47. The van der Waals surface area contributed by atoms with Gasteiger partial charge in [-0.3, -0.25) is 4.79 Å². The van der Waals surface area contributed by atoms with Crippen LogP contribution in [-0.2, 0) is 20.7 Å². The molecule has 3 saturated heterocycles. The average molecular weight is 424 g/mol. The summed E-state index contributed by atoms with van der Waals surface area (Å²) in [5, 5.41) is 0. The summed E-state index contributed by atoms with van der Waals surface area (Å²) in [6.07, 6.45) is 8.70. The summed E-state index contributed by atoms with van der Waals surface area (Å²) in [4.78, 5) is 15.5. The number of piperidine rings is 1. The average Bonchev–Trinajstić information content (AvgIpc) is 3.45. The van der Waals surface area contributed by atoms with E-state index in [1.807, 2.05) is 0 Å². The van der Waals surface area contributed by atoms with Gasteiger partial charge in [0.25, 0.3) is 0 Å². The van der Waals surface area contributed by atoms with Crippen molar-refractivity contribution in [2.75, 3.05) is 19.6 Å². The van der Waals surface area contributed by atoms with Crippen LogP contribution in [0.4, 0.5) is 0 Å². The molecule has 3 aliphatic heterocycles. The van der Waals surface area contributed by atoms with Gasteiger partial charge < -0.3 is 14.4 Å². The normalized spacial score (nSPS) is 44.8. The van der Waals surface area contributed by atoms with E-state index in [-0.39, 0.29) is 41.0 Å². The number of fused-ring (bicyclic) bond motifs is 2. The third-order valence-corrected chi connectivity index (χ3v) is 9.72. The fourth-order valence-corrected chi connectivity index (χ4v) is 8.04. The van der Waals surface area contributed by atoms with Crippen molar-refractivity contribution in [1.29, 1.82) is 0 Å². The lowest BCUT2D eigenvalue weighted by molar-refractivity contribution is -0.146. The summed E-state index contributed by atoms with van der Waals surface area (Å²) in [6, 6.07) is 10.9. The summed E-state index contributed by atoms with van der Waals surface area (Å²) in [5.74, 6) is 1.67. The molecule has 168 valence electrons. The number of benzene rings is 1. The molecule has 4 heteroatoms. The van der Waals surface area contributed by atoms with Crippen molar-refractivity contribution in [1.82, 2.24) is 4.90 Å². The maximum Gasteiger partial charge on any atom is 0.311 e. The van der Waals surface area contributed by atoms with Crippen LogP contribution < -0.4 is 0 Å². The first-order valence-electron chi connectivity index (χ1n) is 12.6. The molecule has 3 heterocycles. The fraction of sp³-hybridized carbons (Fsp3) is 0.741. The first-order valence-corrected chi connectivity index (χ1v) is 12.6. The van der Waals surface area contributed by atoms with Gasteiger partial charge in [0.1, 0.15) is 11.7 Å². The summed E-state index contributed by atoms with van der Waals surface area (Å²) in [5.41, 5.74) is 1.65. The Hall–Kier alpha value is -1.39. The molecule has 7 atom stereocenters. The van der Waals surface area contributed by atoms with Crippen LogP contribution in [0.3, 0.4) is 0 Å². The van der Waals surface area contributed by atoms with Crippen molar-refractivity contribution < 1.29 is 14.3 Å². The number of ether oxygens (including phenoxy) is 2. The van der Waals surface area contributed by atoms with E-state index in [4.69, 9.17) is 9.47 Å². The Kier molecular flexibility index (Phi) is 4.77. The number of epoxide rings is 1. The standard InChI is InChI=1S/C27H37NO3/c1-18-7-6-12-26(2)16-22-23(24-27(18,26)31-24)21(25(29)30-22)17-28-13-10-20(11-14-28)15-19-8-4-3-5-9-19/h3-5,8-9,18,20-24H,6-7,10-17H2,1-2H3/t18-,21+,22+,23+,24-,26+,27+/m0/s1. The van der Waals surface area contributed by atoms with Gasteiger partial charge >= 0.3 is 5.97 Å². The molecule has 0 bridgehead atoms. The van der Waals surface area contributed by atoms with Crippen molar-refractivity contribution in [2.45, 2.75) is 76.6 Å². The van der Waals surface area contributed by atoms with Gasteiger partial charge in [-0.2, -0.15) is 0 Å². The zero-order valence-electron chi connectivity index (χ0n) is 19.1. The molecule has 0 radical (unpaired) electrons. The second-order valence-electron chi connectivity index (χ2n) is 11.5. The highest BCUT2D eigenvalue weighted by molar-refractivity contribution is 5.76. The highest BCUT2D eigenvalue weighted by Gasteiger charge is 2.78. The van der Waals surface area contributed by atoms with Crippen molar-refractivity contribution in [3.05, 3.63) is 35.9 Å². The zero-order chi connectivity index (χ0) is 21.2. The zero-order valence-corrected chi connectivity index (χ0v) is 19.1. The van der Waals surface area contributed by atoms with Crippen LogP contribution in [0.25, 0.3) is 0 Å². The first kappa shape index (κ1) is 20.2. The Morgan fingerprint density at radius 2 is 1.90 bits per heavy atom. The second kappa shape index (κ2) is 7.31. The molecule has 31 heavy (non-hydrogen) atoms. The Balaban J connectivity index is 1.11. The van der Waals surface area contributed by atoms with Gasteiger partial charge in [0, 0.05) is 17.9 Å². The Morgan fingerprint density at radius 3 is 2.68 bits per heavy atom. The van der Waals surface area contributed by atoms with Crippen molar-refractivity contribution >= 4 is 5.97 Å². The van der Waals surface area contributed by atoms with E-state index < -0.39 is 0 Å². The Labute approximate surface area is 186 Å². The topological polar surface area (TPSA) is 42.1 Å². The monoisotopic (exact) mass is 423 g/mol. The molecule has 2 aliphatic carbocycles. The quantitative estimate of drug-likeness (QED) is 0.529. The summed E-state index contributed by atoms with van der Waals surface area (Å²) >= 11 is 0. The molecule has 2 saturated carbocycles. The van der Waals surface area contributed by atoms with Gasteiger partial charge in [0.15, 0.2) is 0 Å². The fourth-order valence-electron chi connectivity index (χ4n) is 8.04. The molecule has 6 rings (SSSR count). The smallest absolute Gasteiger partial charge is 0.311 e. The number of likely N-dealkylation sites (tertiary alicyclic amines) is 1. The number of nitrogens with zero attached hydrogens (tertiary/aromatic N) is 1. The minimum absolute atomic E-state index is 0.00118. The van der Waals surface area contributed by atoms with Crippen LogP contribution in [0.1, 0.15) is 57.9 Å². The van der Waals surface area contributed by atoms with Crippen LogP contribution in [0.15, 0.2) is 30.3 Å². The number of hydrogen-bond donors (Lipinski definition) is 0. The molecule has 0 N–H and O–H groups in total. The summed E-state index contributed by atoms with van der Waals surface area (Å²) < 4.78 is 12.6. The van der Waals surface area contributed by atoms with Crippen LogP contribution in [0.2, 0.25) is 0 Å². The largest absolute Gasteiger partial charge is 0.462 e. The molecule has 4 nitrogen and oxygen atoms in total. The third kappa shape index (κ3) is 3.12. The van der Waals surface area contributed by atoms with E-state index in [0.29, 0.717) is 5.92 Å². The predicted molar refractivity (Wildman–Crippen MR) is 120 cm³/mol. The second-order valence-corrected chi connectivity index (χ2v) is 11.5. The lowest BCUT2D eigenvalue weighted by atomic mass is 9.53. The van der Waals surface area contributed by atoms with E-state index >= 15 is 0 Å². The molecule has 1 aromatic carbocycles. The van der Waals surface area contributed by atoms with Crippen molar-refractivity contribution in [3.8, 4) is 0 Å². The van der Waals surface area contributed by atoms with Crippen molar-refractivity contribution in [2.24, 2.45) is 29.1 Å². The first-order chi connectivity index (χ1) is 15.0. The van der Waals surface area contributed by atoms with Crippen LogP contribution in [-0.4, -0.2) is 48.3 Å². The summed E-state index contributed by atoms with van der Waals surface area (Å²) in [7, 11) is 0. The molecule has 1 spiro atoms. The van der Waals surface area contributed by atoms with Gasteiger partial charge in [-0.05, 0) is 69.0 Å². The molecule has 5 aliphatic rings. The highest BCUT2D eigenvalue weighted by Crippen LogP contribution is 2.70. The highest BCUT2D eigenvalue weighted by atomic mass is 16.6. The van der Waals surface area contributed by atoms with E-state index in [1.165, 1.54) is 44.1 Å². The number of rotatable bonds is 4. The number of hydrogen-bond acceptors (Lipinski definition) is 4. The minimum atomic E-state index is -0.00118. The Bertz CT molecular complexity index is 834. The third-order valence-electron chi connectivity index (χ3n) is 9.72. The number of carbonyl (C=O) groups is 1. The van der Waals surface area contributed by atoms with E-state index in [0.717, 1.165) is 32.0 Å². The lowest BCUT2D eigenvalue weighted by Crippen LogP contribution is -2.54. The van der Waals surface area contributed by atoms with Gasteiger partial charge in [-0.1, -0.05) is 50.6 Å². The van der Waals surface area contributed by atoms with Crippen molar-refractivity contribution in [3.63, 3.8) is 0 Å². The van der Waals surface area contributed by atoms with Gasteiger partial charge in [-0.25, -0.2) is 0 Å². The summed E-state index contributed by atoms with van der Waals surface area (Å²) in [6.45, 7) is 7.84. The lowest BCUT2D eigenvalue weighted by Gasteiger charge is -2.49. The molecule has 1 aromatic rings. The maximum absolute atomic E-state index is 13.0. The molecule has 0 aromatic heterocycles. The van der Waals surface area contributed by atoms with Crippen LogP contribution in [0, 0.1) is 29.1 Å². The maximum atomic E-state index is 13.0. The minimum Gasteiger partial charge on any atom is -0.462 e. The SMILES string of the molecule is C[C@H]1CCC[C@]2(C)C[C@H]3OC(=O)[C@H](CN4CCC(Cc5ccccc5)CC4)[C@H]3[C@@H]3O[C@]132. The van der Waals surface area contributed by atoms with E-state index in [1.54, 1.807) is 0 Å². The Morgan fingerprint density at radius 1 is 1.13 bits per heavy atom. The molecule has 5 fully saturated rings. The van der Waals surface area contributed by atoms with Crippen LogP contribution >= 0.6 is 0 Å². The molecule has 0 amide bonds.